The van der Waals surface area contributed by atoms with Crippen molar-refractivity contribution in [1.29, 1.82) is 0 Å². The minimum absolute atomic E-state index is 0. The van der Waals surface area contributed by atoms with Crippen LogP contribution in [0.2, 0.25) is 5.02 Å². The molecule has 0 radical (unpaired) electrons. The predicted octanol–water partition coefficient (Wildman–Crippen LogP) is 3.43. The minimum Gasteiger partial charge on any atom is -0.370 e. The van der Waals surface area contributed by atoms with Crippen molar-refractivity contribution in [2.24, 2.45) is 5.73 Å². The van der Waals surface area contributed by atoms with E-state index in [1.54, 1.807) is 0 Å². The molecule has 24 heavy (non-hydrogen) atoms. The second-order valence-electron chi connectivity index (χ2n) is 5.53. The van der Waals surface area contributed by atoms with Gasteiger partial charge in [-0.3, -0.25) is 4.79 Å². The molecule has 2 aromatic rings. The number of benzene rings is 2. The summed E-state index contributed by atoms with van der Waals surface area (Å²) in [6.45, 7) is 2.06. The van der Waals surface area contributed by atoms with Gasteiger partial charge in [0.1, 0.15) is 6.10 Å². The summed E-state index contributed by atoms with van der Waals surface area (Å²) in [4.78, 5) is 14.5. The fourth-order valence-corrected chi connectivity index (χ4v) is 2.98. The van der Waals surface area contributed by atoms with E-state index in [0.717, 1.165) is 11.1 Å². The van der Waals surface area contributed by atoms with Crippen LogP contribution in [0.25, 0.3) is 0 Å². The smallest absolute Gasteiger partial charge is 0.254 e. The molecule has 1 unspecified atom stereocenters. The maximum absolute atomic E-state index is 12.7. The summed E-state index contributed by atoms with van der Waals surface area (Å²) < 4.78 is 5.80. The SMILES string of the molecule is Cl.NCc1ccc(C(=O)N2CCOC(c3ccccc3Cl)C2)cc1. The van der Waals surface area contributed by atoms with Crippen molar-refractivity contribution in [3.63, 3.8) is 0 Å². The molecule has 4 nitrogen and oxygen atoms in total. The van der Waals surface area contributed by atoms with Crippen LogP contribution in [0, 0.1) is 0 Å². The highest BCUT2D eigenvalue weighted by molar-refractivity contribution is 6.31. The van der Waals surface area contributed by atoms with Gasteiger partial charge in [0.05, 0.1) is 13.2 Å². The van der Waals surface area contributed by atoms with E-state index in [2.05, 4.69) is 0 Å². The molecule has 1 atom stereocenters. The van der Waals surface area contributed by atoms with Gasteiger partial charge in [-0.15, -0.1) is 12.4 Å². The highest BCUT2D eigenvalue weighted by atomic mass is 35.5. The Hall–Kier alpha value is -1.59. The maximum Gasteiger partial charge on any atom is 0.254 e. The number of nitrogens with zero attached hydrogens (tertiary/aromatic N) is 1. The molecule has 1 heterocycles. The van der Waals surface area contributed by atoms with Gasteiger partial charge < -0.3 is 15.4 Å². The van der Waals surface area contributed by atoms with Crippen LogP contribution in [-0.2, 0) is 11.3 Å². The molecule has 2 N–H and O–H groups in total. The van der Waals surface area contributed by atoms with Crippen molar-refractivity contribution >= 4 is 29.9 Å². The number of halogens is 2. The first-order valence-corrected chi connectivity index (χ1v) is 8.01. The van der Waals surface area contributed by atoms with E-state index in [1.807, 2.05) is 53.4 Å². The number of hydrogen-bond acceptors (Lipinski definition) is 3. The Morgan fingerprint density at radius 3 is 2.58 bits per heavy atom. The van der Waals surface area contributed by atoms with E-state index in [-0.39, 0.29) is 24.4 Å². The van der Waals surface area contributed by atoms with Gasteiger partial charge in [0.2, 0.25) is 0 Å². The summed E-state index contributed by atoms with van der Waals surface area (Å²) in [5.74, 6) is 0.00826. The second kappa shape index (κ2) is 8.49. The van der Waals surface area contributed by atoms with Crippen LogP contribution in [0.1, 0.15) is 27.6 Å². The number of amides is 1. The molecule has 1 fully saturated rings. The quantitative estimate of drug-likeness (QED) is 0.904. The van der Waals surface area contributed by atoms with Crippen LogP contribution in [0.15, 0.2) is 48.5 Å². The molecule has 1 aliphatic heterocycles. The third-order valence-electron chi connectivity index (χ3n) is 4.04. The average Bonchev–Trinajstić information content (AvgIpc) is 2.62. The number of rotatable bonds is 3. The zero-order chi connectivity index (χ0) is 16.2. The first-order chi connectivity index (χ1) is 11.2. The van der Waals surface area contributed by atoms with Gasteiger partial charge in [-0.2, -0.15) is 0 Å². The van der Waals surface area contributed by atoms with Crippen LogP contribution in [-0.4, -0.2) is 30.5 Å². The van der Waals surface area contributed by atoms with Gasteiger partial charge in [0.25, 0.3) is 5.91 Å². The molecular formula is C18H20Cl2N2O2. The number of ether oxygens (including phenoxy) is 1. The van der Waals surface area contributed by atoms with Crippen molar-refractivity contribution in [3.8, 4) is 0 Å². The summed E-state index contributed by atoms with van der Waals surface area (Å²) in [5, 5.41) is 0.666. The van der Waals surface area contributed by atoms with Crippen LogP contribution >= 0.6 is 24.0 Å². The van der Waals surface area contributed by atoms with Gasteiger partial charge >= 0.3 is 0 Å². The van der Waals surface area contributed by atoms with E-state index >= 15 is 0 Å². The lowest BCUT2D eigenvalue weighted by Gasteiger charge is -2.33. The summed E-state index contributed by atoms with van der Waals surface area (Å²) >= 11 is 6.24. The zero-order valence-electron chi connectivity index (χ0n) is 13.2. The third-order valence-corrected chi connectivity index (χ3v) is 4.39. The molecule has 0 aromatic heterocycles. The molecule has 2 aromatic carbocycles. The number of hydrogen-bond donors (Lipinski definition) is 1. The lowest BCUT2D eigenvalue weighted by Crippen LogP contribution is -2.42. The van der Waals surface area contributed by atoms with Crippen LogP contribution in [0.3, 0.4) is 0 Å². The Kier molecular flexibility index (Phi) is 6.63. The van der Waals surface area contributed by atoms with Crippen molar-refractivity contribution in [2.75, 3.05) is 19.7 Å². The molecule has 6 heteroatoms. The Balaban J connectivity index is 0.00000208. The van der Waals surface area contributed by atoms with Crippen LogP contribution in [0.4, 0.5) is 0 Å². The van der Waals surface area contributed by atoms with Crippen LogP contribution in [0.5, 0.6) is 0 Å². The molecule has 0 spiro atoms. The number of carbonyl (C=O) groups is 1. The largest absolute Gasteiger partial charge is 0.370 e. The Bertz CT molecular complexity index is 692. The monoisotopic (exact) mass is 366 g/mol. The Labute approximate surface area is 153 Å². The number of nitrogens with two attached hydrogens (primary N) is 1. The van der Waals surface area contributed by atoms with Gasteiger partial charge in [-0.1, -0.05) is 41.9 Å². The summed E-state index contributed by atoms with van der Waals surface area (Å²) in [6, 6.07) is 15.0. The third kappa shape index (κ3) is 4.08. The van der Waals surface area contributed by atoms with Gasteiger partial charge in [-0.25, -0.2) is 0 Å². The van der Waals surface area contributed by atoms with Gasteiger partial charge in [-0.05, 0) is 23.8 Å². The van der Waals surface area contributed by atoms with E-state index in [4.69, 9.17) is 22.1 Å². The lowest BCUT2D eigenvalue weighted by molar-refractivity contribution is -0.0227. The standard InChI is InChI=1S/C18H19ClN2O2.ClH/c19-16-4-2-1-3-15(16)17-12-21(9-10-23-17)18(22)14-7-5-13(11-20)6-8-14;/h1-8,17H,9-12,20H2;1H. The van der Waals surface area contributed by atoms with Gasteiger partial charge in [0.15, 0.2) is 0 Å². The Morgan fingerprint density at radius 2 is 1.92 bits per heavy atom. The van der Waals surface area contributed by atoms with Gasteiger partial charge in [0, 0.05) is 29.2 Å². The summed E-state index contributed by atoms with van der Waals surface area (Å²) in [6.07, 6.45) is -0.190. The highest BCUT2D eigenvalue weighted by Crippen LogP contribution is 2.28. The molecule has 0 aliphatic carbocycles. The molecular weight excluding hydrogens is 347 g/mol. The second-order valence-corrected chi connectivity index (χ2v) is 5.94. The maximum atomic E-state index is 12.7. The summed E-state index contributed by atoms with van der Waals surface area (Å²) in [5.41, 5.74) is 8.19. The number of morpholine rings is 1. The van der Waals surface area contributed by atoms with Crippen molar-refractivity contribution in [2.45, 2.75) is 12.6 Å². The van der Waals surface area contributed by atoms with Crippen LogP contribution < -0.4 is 5.73 Å². The fraction of sp³-hybridized carbons (Fsp3) is 0.278. The molecule has 0 bridgehead atoms. The Morgan fingerprint density at radius 1 is 1.21 bits per heavy atom. The summed E-state index contributed by atoms with van der Waals surface area (Å²) in [7, 11) is 0. The van der Waals surface area contributed by atoms with E-state index < -0.39 is 0 Å². The lowest BCUT2D eigenvalue weighted by atomic mass is 10.1. The molecule has 3 rings (SSSR count). The molecule has 0 saturated carbocycles. The minimum atomic E-state index is -0.190. The van der Waals surface area contributed by atoms with E-state index in [1.165, 1.54) is 0 Å². The van der Waals surface area contributed by atoms with Crippen molar-refractivity contribution in [3.05, 3.63) is 70.2 Å². The molecule has 1 aliphatic rings. The van der Waals surface area contributed by atoms with E-state index in [0.29, 0.717) is 36.8 Å². The first kappa shape index (κ1) is 18.7. The predicted molar refractivity (Wildman–Crippen MR) is 97.6 cm³/mol. The molecule has 1 saturated heterocycles. The topological polar surface area (TPSA) is 55.6 Å². The molecule has 1 amide bonds. The van der Waals surface area contributed by atoms with Crippen molar-refractivity contribution in [1.82, 2.24) is 4.90 Å². The zero-order valence-corrected chi connectivity index (χ0v) is 14.7. The first-order valence-electron chi connectivity index (χ1n) is 7.63. The average molecular weight is 367 g/mol. The molecule has 128 valence electrons. The normalized spacial score (nSPS) is 17.2. The highest BCUT2D eigenvalue weighted by Gasteiger charge is 2.27. The van der Waals surface area contributed by atoms with Crippen molar-refractivity contribution < 1.29 is 9.53 Å². The van der Waals surface area contributed by atoms with E-state index in [9.17, 15) is 4.79 Å². The number of carbonyl (C=O) groups excluding carboxylic acids is 1. The fourth-order valence-electron chi connectivity index (χ4n) is 2.72.